The number of Topliss-reactive ketones (excluding diaryl/α,β-unsaturated/α-hetero) is 4. The first-order valence-corrected chi connectivity index (χ1v) is 21.0. The summed E-state index contributed by atoms with van der Waals surface area (Å²) >= 11 is 0. The molecule has 0 radical (unpaired) electrons. The van der Waals surface area contributed by atoms with Crippen molar-refractivity contribution < 1.29 is 43.8 Å². The third-order valence-corrected chi connectivity index (χ3v) is 12.4. The van der Waals surface area contributed by atoms with E-state index in [1.807, 2.05) is 13.8 Å². The zero-order valence-electron chi connectivity index (χ0n) is 28.7. The number of rotatable bonds is 9. The molecule has 0 aromatic heterocycles. The third-order valence-electron chi connectivity index (χ3n) is 7.48. The summed E-state index contributed by atoms with van der Waals surface area (Å²) in [5.41, 5.74) is 6.07. The van der Waals surface area contributed by atoms with Crippen LogP contribution in [-0.4, -0.2) is 110 Å². The number of nitrogens with two attached hydrogens (primary N) is 1. The van der Waals surface area contributed by atoms with Crippen LogP contribution in [0.2, 0.25) is 0 Å². The van der Waals surface area contributed by atoms with Gasteiger partial charge in [-0.25, -0.2) is 0 Å². The monoisotopic (exact) mass is 752 g/mol. The number of aliphatic hydroxyl groups is 1. The molecular formula is C31H52N4O9S4. The van der Waals surface area contributed by atoms with E-state index in [2.05, 4.69) is 16.0 Å². The summed E-state index contributed by atoms with van der Waals surface area (Å²) in [5, 5.41) is 28.3. The zero-order chi connectivity index (χ0) is 36.7. The van der Waals surface area contributed by atoms with Crippen LogP contribution in [0.15, 0.2) is 0 Å². The lowest BCUT2D eigenvalue weighted by Gasteiger charge is -2.26. The summed E-state index contributed by atoms with van der Waals surface area (Å²) in [6.07, 6.45) is -2.44. The zero-order valence-corrected chi connectivity index (χ0v) is 32.0. The van der Waals surface area contributed by atoms with Crippen LogP contribution in [0.4, 0.5) is 0 Å². The Balaban J connectivity index is 3.44. The molecule has 1 aliphatic heterocycles. The molecule has 0 spiro atoms. The predicted octanol–water partition coefficient (Wildman–Crippen LogP) is 1.88. The normalized spacial score (nSPS) is 27.5. The van der Waals surface area contributed by atoms with E-state index >= 15 is 0 Å². The van der Waals surface area contributed by atoms with E-state index in [-0.39, 0.29) is 59.2 Å². The van der Waals surface area contributed by atoms with Gasteiger partial charge in [0.1, 0.15) is 5.78 Å². The number of carbonyl (C=O) groups excluding carboxylic acids is 6. The molecule has 1 saturated heterocycles. The molecule has 0 aromatic carbocycles. The Morgan fingerprint density at radius 2 is 1.35 bits per heavy atom. The molecule has 1 heterocycles. The standard InChI is InChI=1S/C31H52N4O9S4/c1-15(2)28(41)19-8-25(37)22(10-27(39)40)34-31(44)21(32)12-46-47-13-23(33-17(5)6)26(38)9-20(18(7)36)30(43)35-24(14-48-45-11-19)29(42)16(3)4/h15-24,33,36H,8-14,32H2,1-7H3,(H,34,44)(H,35,43)(H,39,40)/t18-,19+,20+,21+,22+,23+,24+/m1/s1. The maximum Gasteiger partial charge on any atom is 0.305 e. The summed E-state index contributed by atoms with van der Waals surface area (Å²) in [5.74, 6) is -6.20. The van der Waals surface area contributed by atoms with Crippen molar-refractivity contribution >= 4 is 84.1 Å². The van der Waals surface area contributed by atoms with Crippen LogP contribution >= 0.6 is 43.2 Å². The molecule has 274 valence electrons. The summed E-state index contributed by atoms with van der Waals surface area (Å²) < 4.78 is 0. The Bertz CT molecular complexity index is 1140. The molecule has 0 aliphatic carbocycles. The van der Waals surface area contributed by atoms with E-state index in [0.29, 0.717) is 0 Å². The lowest BCUT2D eigenvalue weighted by Crippen LogP contribution is -2.50. The topological polar surface area (TPSA) is 222 Å². The van der Waals surface area contributed by atoms with Crippen LogP contribution < -0.4 is 21.7 Å². The molecule has 0 unspecified atom stereocenters. The van der Waals surface area contributed by atoms with E-state index in [4.69, 9.17) is 5.73 Å². The molecule has 1 rings (SSSR count). The fourth-order valence-corrected chi connectivity index (χ4v) is 9.55. The van der Waals surface area contributed by atoms with E-state index in [9.17, 15) is 43.8 Å². The van der Waals surface area contributed by atoms with Gasteiger partial charge >= 0.3 is 5.97 Å². The van der Waals surface area contributed by atoms with Gasteiger partial charge in [-0.1, -0.05) is 84.7 Å². The first-order valence-electron chi connectivity index (χ1n) is 16.0. The van der Waals surface area contributed by atoms with Gasteiger partial charge in [-0.05, 0) is 6.92 Å². The third kappa shape index (κ3) is 15.9. The lowest BCUT2D eigenvalue weighted by atomic mass is 9.90. The summed E-state index contributed by atoms with van der Waals surface area (Å²) in [4.78, 5) is 90.9. The highest BCUT2D eigenvalue weighted by atomic mass is 33.1. The van der Waals surface area contributed by atoms with Crippen LogP contribution in [0.5, 0.6) is 0 Å². The van der Waals surface area contributed by atoms with Gasteiger partial charge in [-0.2, -0.15) is 0 Å². The lowest BCUT2D eigenvalue weighted by molar-refractivity contribution is -0.140. The second-order valence-electron chi connectivity index (χ2n) is 12.8. The van der Waals surface area contributed by atoms with Crippen molar-refractivity contribution in [3.63, 3.8) is 0 Å². The number of nitrogens with one attached hydrogen (secondary N) is 3. The first kappa shape index (κ1) is 44.4. The summed E-state index contributed by atoms with van der Waals surface area (Å²) in [7, 11) is 4.92. The summed E-state index contributed by atoms with van der Waals surface area (Å²) in [6, 6.07) is -4.21. The highest BCUT2D eigenvalue weighted by Gasteiger charge is 2.35. The Kier molecular flexibility index (Phi) is 20.6. The largest absolute Gasteiger partial charge is 0.481 e. The molecule has 0 aromatic rings. The Labute approximate surface area is 299 Å². The number of carboxylic acid groups (broad SMARTS) is 1. The Morgan fingerprint density at radius 1 is 0.792 bits per heavy atom. The number of ketones is 4. The highest BCUT2D eigenvalue weighted by molar-refractivity contribution is 8.77. The van der Waals surface area contributed by atoms with Gasteiger partial charge < -0.3 is 31.9 Å². The molecule has 7 atom stereocenters. The molecule has 7 N–H and O–H groups in total. The van der Waals surface area contributed by atoms with Crippen LogP contribution in [-0.2, 0) is 33.6 Å². The van der Waals surface area contributed by atoms with Crippen molar-refractivity contribution in [1.29, 1.82) is 0 Å². The molecule has 13 nitrogen and oxygen atoms in total. The smallest absolute Gasteiger partial charge is 0.305 e. The minimum Gasteiger partial charge on any atom is -0.481 e. The minimum atomic E-state index is -1.39. The van der Waals surface area contributed by atoms with E-state index in [0.717, 1.165) is 0 Å². The number of carboxylic acids is 1. The Hall–Kier alpha value is -1.63. The van der Waals surface area contributed by atoms with Crippen LogP contribution in [0.3, 0.4) is 0 Å². The molecule has 0 bridgehead atoms. The van der Waals surface area contributed by atoms with Gasteiger partial charge in [0.05, 0.1) is 42.6 Å². The van der Waals surface area contributed by atoms with Gasteiger partial charge in [0, 0.05) is 59.6 Å². The molecule has 1 fully saturated rings. The van der Waals surface area contributed by atoms with Gasteiger partial charge in [0.2, 0.25) is 11.8 Å². The van der Waals surface area contributed by atoms with Crippen molar-refractivity contribution in [3.05, 3.63) is 0 Å². The first-order chi connectivity index (χ1) is 22.3. The van der Waals surface area contributed by atoms with Gasteiger partial charge in [0.15, 0.2) is 17.3 Å². The number of hydrogen-bond acceptors (Lipinski definition) is 14. The van der Waals surface area contributed by atoms with Crippen LogP contribution in [0, 0.1) is 23.7 Å². The van der Waals surface area contributed by atoms with E-state index < -0.39 is 83.9 Å². The Morgan fingerprint density at radius 3 is 1.90 bits per heavy atom. The van der Waals surface area contributed by atoms with E-state index in [1.54, 1.807) is 27.7 Å². The van der Waals surface area contributed by atoms with Crippen molar-refractivity contribution in [2.24, 2.45) is 29.4 Å². The van der Waals surface area contributed by atoms with Crippen LogP contribution in [0.25, 0.3) is 0 Å². The molecule has 0 saturated carbocycles. The van der Waals surface area contributed by atoms with Crippen LogP contribution in [0.1, 0.15) is 67.7 Å². The fraction of sp³-hybridized carbons (Fsp3) is 0.774. The number of aliphatic hydroxyl groups excluding tert-OH is 1. The summed E-state index contributed by atoms with van der Waals surface area (Å²) in [6.45, 7) is 11.9. The van der Waals surface area contributed by atoms with Crippen molar-refractivity contribution in [1.82, 2.24) is 16.0 Å². The minimum absolute atomic E-state index is 0.0827. The van der Waals surface area contributed by atoms with Gasteiger partial charge in [0.25, 0.3) is 0 Å². The molecule has 17 heteroatoms. The van der Waals surface area contributed by atoms with Gasteiger partial charge in [-0.15, -0.1) is 0 Å². The molecule has 2 amide bonds. The maximum atomic E-state index is 13.4. The second-order valence-corrected chi connectivity index (χ2v) is 17.9. The van der Waals surface area contributed by atoms with Crippen molar-refractivity contribution in [2.75, 3.05) is 23.0 Å². The number of carbonyl (C=O) groups is 7. The number of aliphatic carboxylic acids is 1. The number of hydrogen-bond donors (Lipinski definition) is 6. The predicted molar refractivity (Wildman–Crippen MR) is 194 cm³/mol. The average molecular weight is 753 g/mol. The van der Waals surface area contributed by atoms with E-state index in [1.165, 1.54) is 50.1 Å². The van der Waals surface area contributed by atoms with Crippen molar-refractivity contribution in [3.8, 4) is 0 Å². The van der Waals surface area contributed by atoms with Gasteiger partial charge in [-0.3, -0.25) is 33.6 Å². The highest BCUT2D eigenvalue weighted by Crippen LogP contribution is 2.29. The maximum absolute atomic E-state index is 13.4. The average Bonchev–Trinajstić information content (AvgIpc) is 2.99. The quantitative estimate of drug-likeness (QED) is 0.185. The fourth-order valence-electron chi connectivity index (χ4n) is 4.71. The molecule has 1 aliphatic rings. The van der Waals surface area contributed by atoms with Crippen molar-refractivity contribution in [2.45, 2.75) is 104 Å². The number of amides is 2. The SMILES string of the molecule is CC(C)N[C@H]1CSSC[C@H](N)C(=O)N[C@@H](CC(=O)O)C(=O)C[C@H](C(=O)C(C)C)CSSC[C@@H](C(=O)C(C)C)NC(=O)[C@H]([C@@H](C)O)CC1=O. The molecular weight excluding hydrogens is 701 g/mol. The molecule has 48 heavy (non-hydrogen) atoms. The second kappa shape index (κ2) is 22.2.